The van der Waals surface area contributed by atoms with Crippen LogP contribution in [0.25, 0.3) is 0 Å². The first-order valence-electron chi connectivity index (χ1n) is 4.97. The Kier molecular flexibility index (Phi) is 3.24. The molecule has 0 saturated heterocycles. The van der Waals surface area contributed by atoms with Gasteiger partial charge in [-0.3, -0.25) is 4.79 Å². The van der Waals surface area contributed by atoms with Crippen molar-refractivity contribution in [3.8, 4) is 0 Å². The smallest absolute Gasteiger partial charge is 0.250 e. The van der Waals surface area contributed by atoms with Gasteiger partial charge in [0, 0.05) is 16.8 Å². The van der Waals surface area contributed by atoms with Crippen molar-refractivity contribution in [2.24, 2.45) is 5.73 Å². The third-order valence-electron chi connectivity index (χ3n) is 2.25. The van der Waals surface area contributed by atoms with Gasteiger partial charge >= 0.3 is 0 Å². The lowest BCUT2D eigenvalue weighted by molar-refractivity contribution is 0.100. The first-order chi connectivity index (χ1) is 8.16. The predicted molar refractivity (Wildman–Crippen MR) is 68.8 cm³/mol. The van der Waals surface area contributed by atoms with Gasteiger partial charge < -0.3 is 16.8 Å². The zero-order chi connectivity index (χ0) is 12.3. The molecule has 6 heteroatoms. The average molecular weight is 248 g/mol. The van der Waals surface area contributed by atoms with E-state index in [0.717, 1.165) is 5.69 Å². The topological polar surface area (TPSA) is 94.0 Å². The molecule has 5 nitrogen and oxygen atoms in total. The number of thiazole rings is 1. The van der Waals surface area contributed by atoms with Crippen molar-refractivity contribution in [2.75, 3.05) is 11.1 Å². The molecule has 17 heavy (non-hydrogen) atoms. The van der Waals surface area contributed by atoms with Crippen molar-refractivity contribution in [3.05, 3.63) is 40.3 Å². The van der Waals surface area contributed by atoms with Gasteiger partial charge in [0.2, 0.25) is 0 Å². The van der Waals surface area contributed by atoms with Gasteiger partial charge in [0.1, 0.15) is 0 Å². The van der Waals surface area contributed by atoms with E-state index in [1.165, 1.54) is 11.3 Å². The molecule has 88 valence electrons. The van der Waals surface area contributed by atoms with Gasteiger partial charge in [0.05, 0.1) is 23.3 Å². The number of aromatic nitrogens is 1. The van der Waals surface area contributed by atoms with Crippen LogP contribution < -0.4 is 16.8 Å². The minimum Gasteiger partial charge on any atom is -0.399 e. The molecular formula is C11H12N4OS. The molecule has 2 rings (SSSR count). The molecule has 0 fully saturated rings. The van der Waals surface area contributed by atoms with Crippen LogP contribution >= 0.6 is 11.3 Å². The minimum atomic E-state index is -0.502. The van der Waals surface area contributed by atoms with Crippen LogP contribution in [0, 0.1) is 0 Å². The number of nitrogens with two attached hydrogens (primary N) is 2. The van der Waals surface area contributed by atoms with E-state index in [4.69, 9.17) is 11.5 Å². The lowest BCUT2D eigenvalue weighted by Gasteiger charge is -2.09. The van der Waals surface area contributed by atoms with Crippen molar-refractivity contribution in [1.82, 2.24) is 4.98 Å². The average Bonchev–Trinajstić information content (AvgIpc) is 2.80. The lowest BCUT2D eigenvalue weighted by Crippen LogP contribution is -2.15. The molecule has 0 unspecified atom stereocenters. The van der Waals surface area contributed by atoms with Crippen LogP contribution in [0.3, 0.4) is 0 Å². The maximum atomic E-state index is 11.2. The third-order valence-corrected chi connectivity index (χ3v) is 2.89. The Balaban J connectivity index is 2.17. The molecule has 5 N–H and O–H groups in total. The molecule has 0 atom stereocenters. The fourth-order valence-electron chi connectivity index (χ4n) is 1.43. The monoisotopic (exact) mass is 248 g/mol. The number of benzene rings is 1. The van der Waals surface area contributed by atoms with Crippen LogP contribution in [0.1, 0.15) is 16.1 Å². The number of hydrogen-bond donors (Lipinski definition) is 3. The zero-order valence-corrected chi connectivity index (χ0v) is 9.83. The first kappa shape index (κ1) is 11.4. The van der Waals surface area contributed by atoms with Crippen molar-refractivity contribution in [3.63, 3.8) is 0 Å². The number of primary amides is 1. The van der Waals surface area contributed by atoms with Crippen molar-refractivity contribution in [1.29, 1.82) is 0 Å². The number of carbonyl (C=O) groups is 1. The second-order valence-electron chi connectivity index (χ2n) is 3.50. The Bertz CT molecular complexity index is 524. The fourth-order valence-corrected chi connectivity index (χ4v) is 1.99. The fraction of sp³-hybridized carbons (Fsp3) is 0.0909. The normalized spacial score (nSPS) is 10.1. The molecule has 1 heterocycles. The summed E-state index contributed by atoms with van der Waals surface area (Å²) in [5.41, 5.74) is 15.1. The highest BCUT2D eigenvalue weighted by molar-refractivity contribution is 7.07. The third kappa shape index (κ3) is 2.73. The highest BCUT2D eigenvalue weighted by atomic mass is 32.1. The zero-order valence-electron chi connectivity index (χ0n) is 9.01. The van der Waals surface area contributed by atoms with Gasteiger partial charge in [-0.05, 0) is 18.2 Å². The van der Waals surface area contributed by atoms with E-state index in [1.807, 2.05) is 5.38 Å². The molecule has 1 aromatic carbocycles. The van der Waals surface area contributed by atoms with Gasteiger partial charge in [-0.2, -0.15) is 0 Å². The maximum Gasteiger partial charge on any atom is 0.250 e. The molecule has 0 spiro atoms. The van der Waals surface area contributed by atoms with Gasteiger partial charge in [0.15, 0.2) is 0 Å². The molecule has 0 aliphatic heterocycles. The SMILES string of the molecule is NC(=O)c1cc(N)ccc1NCc1cscn1. The maximum absolute atomic E-state index is 11.2. The number of nitrogen functional groups attached to an aromatic ring is 1. The number of amides is 1. The van der Waals surface area contributed by atoms with E-state index >= 15 is 0 Å². The molecule has 0 bridgehead atoms. The summed E-state index contributed by atoms with van der Waals surface area (Å²) < 4.78 is 0. The number of nitrogens with one attached hydrogen (secondary N) is 1. The number of hydrogen-bond acceptors (Lipinski definition) is 5. The summed E-state index contributed by atoms with van der Waals surface area (Å²) in [7, 11) is 0. The summed E-state index contributed by atoms with van der Waals surface area (Å²) in [6, 6.07) is 5.02. The van der Waals surface area contributed by atoms with E-state index < -0.39 is 5.91 Å². The molecule has 0 saturated carbocycles. The summed E-state index contributed by atoms with van der Waals surface area (Å²) in [6.07, 6.45) is 0. The molecule has 1 amide bonds. The lowest BCUT2D eigenvalue weighted by atomic mass is 10.1. The molecule has 0 aliphatic rings. The van der Waals surface area contributed by atoms with Crippen molar-refractivity contribution < 1.29 is 4.79 Å². The number of anilines is 2. The Morgan fingerprint density at radius 2 is 2.29 bits per heavy atom. The summed E-state index contributed by atoms with van der Waals surface area (Å²) in [4.78, 5) is 15.4. The quantitative estimate of drug-likeness (QED) is 0.713. The van der Waals surface area contributed by atoms with E-state index in [-0.39, 0.29) is 0 Å². The summed E-state index contributed by atoms with van der Waals surface area (Å²) in [5, 5.41) is 5.05. The highest BCUT2D eigenvalue weighted by Crippen LogP contribution is 2.19. The Labute approximate surface area is 102 Å². The van der Waals surface area contributed by atoms with Crippen molar-refractivity contribution >= 4 is 28.6 Å². The van der Waals surface area contributed by atoms with Crippen LogP contribution in [-0.4, -0.2) is 10.9 Å². The minimum absolute atomic E-state index is 0.389. The van der Waals surface area contributed by atoms with Crippen LogP contribution in [0.5, 0.6) is 0 Å². The number of nitrogens with zero attached hydrogens (tertiary/aromatic N) is 1. The van der Waals surface area contributed by atoms with Crippen LogP contribution in [0.4, 0.5) is 11.4 Å². The standard InChI is InChI=1S/C11H12N4OS/c12-7-1-2-10(9(3-7)11(13)16)14-4-8-5-17-6-15-8/h1-3,5-6,14H,4,12H2,(H2,13,16). The van der Waals surface area contributed by atoms with Gasteiger partial charge in [-0.25, -0.2) is 4.98 Å². The molecule has 0 radical (unpaired) electrons. The van der Waals surface area contributed by atoms with Gasteiger partial charge in [-0.1, -0.05) is 0 Å². The van der Waals surface area contributed by atoms with E-state index in [9.17, 15) is 4.79 Å². The van der Waals surface area contributed by atoms with Gasteiger partial charge in [0.25, 0.3) is 5.91 Å². The Morgan fingerprint density at radius 3 is 2.94 bits per heavy atom. The number of carbonyl (C=O) groups excluding carboxylic acids is 1. The Morgan fingerprint density at radius 1 is 1.47 bits per heavy atom. The van der Waals surface area contributed by atoms with Crippen LogP contribution in [0.15, 0.2) is 29.1 Å². The van der Waals surface area contributed by atoms with E-state index in [1.54, 1.807) is 23.7 Å². The van der Waals surface area contributed by atoms with Gasteiger partial charge in [-0.15, -0.1) is 11.3 Å². The van der Waals surface area contributed by atoms with Crippen LogP contribution in [0.2, 0.25) is 0 Å². The van der Waals surface area contributed by atoms with E-state index in [0.29, 0.717) is 23.5 Å². The largest absolute Gasteiger partial charge is 0.399 e. The molecular weight excluding hydrogens is 236 g/mol. The summed E-state index contributed by atoms with van der Waals surface area (Å²) in [5.74, 6) is -0.502. The van der Waals surface area contributed by atoms with Crippen LogP contribution in [-0.2, 0) is 6.54 Å². The van der Waals surface area contributed by atoms with Crippen molar-refractivity contribution in [2.45, 2.75) is 6.54 Å². The molecule has 0 aliphatic carbocycles. The summed E-state index contributed by atoms with van der Waals surface area (Å²) >= 11 is 1.52. The summed E-state index contributed by atoms with van der Waals surface area (Å²) in [6.45, 7) is 0.549. The van der Waals surface area contributed by atoms with E-state index in [2.05, 4.69) is 10.3 Å². The first-order valence-corrected chi connectivity index (χ1v) is 5.91. The predicted octanol–water partition coefficient (Wildman–Crippen LogP) is 1.44. The second-order valence-corrected chi connectivity index (χ2v) is 4.22. The Hall–Kier alpha value is -2.08. The highest BCUT2D eigenvalue weighted by Gasteiger charge is 2.08. The molecule has 2 aromatic rings. The number of rotatable bonds is 4. The second kappa shape index (κ2) is 4.84. The molecule has 1 aromatic heterocycles.